The fourth-order valence-corrected chi connectivity index (χ4v) is 4.74. The molecule has 1 fully saturated rings. The molecule has 0 unspecified atom stereocenters. The van der Waals surface area contributed by atoms with Crippen molar-refractivity contribution in [3.8, 4) is 11.1 Å². The predicted octanol–water partition coefficient (Wildman–Crippen LogP) is 5.55. The first-order valence-corrected chi connectivity index (χ1v) is 10.3. The average molecular weight is 408 g/mol. The molecule has 30 heavy (non-hydrogen) atoms. The van der Waals surface area contributed by atoms with Crippen LogP contribution >= 0.6 is 0 Å². The highest BCUT2D eigenvalue weighted by Crippen LogP contribution is 2.38. The molecular formula is C25H23F3N2. The van der Waals surface area contributed by atoms with Crippen LogP contribution in [0.15, 0.2) is 66.7 Å². The van der Waals surface area contributed by atoms with Crippen molar-refractivity contribution in [3.05, 3.63) is 94.5 Å². The predicted molar refractivity (Wildman–Crippen MR) is 112 cm³/mol. The number of rotatable bonds is 4. The highest BCUT2D eigenvalue weighted by molar-refractivity contribution is 5.76. The van der Waals surface area contributed by atoms with Crippen LogP contribution in [0.5, 0.6) is 0 Å². The summed E-state index contributed by atoms with van der Waals surface area (Å²) in [6.45, 7) is 1.68. The monoisotopic (exact) mass is 408 g/mol. The number of benzene rings is 3. The van der Waals surface area contributed by atoms with E-state index in [9.17, 15) is 13.2 Å². The summed E-state index contributed by atoms with van der Waals surface area (Å²) in [6, 6.07) is 20.2. The van der Waals surface area contributed by atoms with E-state index in [1.807, 2.05) is 0 Å². The quantitative estimate of drug-likeness (QED) is 0.480. The Hall–Kier alpha value is -2.63. The topological polar surface area (TPSA) is 29.3 Å². The second kappa shape index (κ2) is 7.25. The van der Waals surface area contributed by atoms with Crippen LogP contribution in [0.4, 0.5) is 13.2 Å². The van der Waals surface area contributed by atoms with Crippen LogP contribution in [0, 0.1) is 0 Å². The smallest absolute Gasteiger partial charge is 0.323 e. The van der Waals surface area contributed by atoms with E-state index in [-0.39, 0.29) is 6.04 Å². The van der Waals surface area contributed by atoms with E-state index >= 15 is 0 Å². The molecule has 0 radical (unpaired) electrons. The number of alkyl halides is 3. The van der Waals surface area contributed by atoms with Gasteiger partial charge in [-0.3, -0.25) is 4.90 Å². The Morgan fingerprint density at radius 3 is 2.50 bits per heavy atom. The van der Waals surface area contributed by atoms with E-state index in [1.165, 1.54) is 39.9 Å². The molecule has 0 aromatic heterocycles. The van der Waals surface area contributed by atoms with Crippen molar-refractivity contribution in [1.82, 2.24) is 4.90 Å². The summed E-state index contributed by atoms with van der Waals surface area (Å²) >= 11 is 0. The van der Waals surface area contributed by atoms with Crippen LogP contribution in [-0.4, -0.2) is 17.5 Å². The largest absolute Gasteiger partial charge is 0.416 e. The van der Waals surface area contributed by atoms with Gasteiger partial charge in [-0.2, -0.15) is 13.2 Å². The van der Waals surface area contributed by atoms with E-state index in [0.29, 0.717) is 5.56 Å². The fourth-order valence-electron chi connectivity index (χ4n) is 4.74. The minimum Gasteiger partial charge on any atom is -0.323 e. The average Bonchev–Trinajstić information content (AvgIpc) is 3.08. The van der Waals surface area contributed by atoms with Gasteiger partial charge in [0.05, 0.1) is 5.56 Å². The maximum atomic E-state index is 13.0. The number of halogens is 3. The van der Waals surface area contributed by atoms with Gasteiger partial charge < -0.3 is 5.73 Å². The summed E-state index contributed by atoms with van der Waals surface area (Å²) in [5.74, 6) is 0. The van der Waals surface area contributed by atoms with Crippen LogP contribution in [0.25, 0.3) is 11.1 Å². The zero-order valence-electron chi connectivity index (χ0n) is 16.5. The summed E-state index contributed by atoms with van der Waals surface area (Å²) in [6.07, 6.45) is -2.50. The Balaban J connectivity index is 1.31. The van der Waals surface area contributed by atoms with Crippen molar-refractivity contribution in [2.75, 3.05) is 6.54 Å². The van der Waals surface area contributed by atoms with Gasteiger partial charge >= 0.3 is 6.18 Å². The van der Waals surface area contributed by atoms with Gasteiger partial charge in [0, 0.05) is 25.2 Å². The molecule has 2 nitrogen and oxygen atoms in total. The third-order valence-corrected chi connectivity index (χ3v) is 6.44. The van der Waals surface area contributed by atoms with Crippen molar-refractivity contribution in [2.45, 2.75) is 37.6 Å². The lowest BCUT2D eigenvalue weighted by molar-refractivity contribution is -0.137. The Labute approximate surface area is 174 Å². The number of hydrogen-bond donors (Lipinski definition) is 1. The van der Waals surface area contributed by atoms with Crippen LogP contribution in [0.2, 0.25) is 0 Å². The second-order valence-corrected chi connectivity index (χ2v) is 8.30. The highest BCUT2D eigenvalue weighted by atomic mass is 19.4. The minimum absolute atomic E-state index is 0.0546. The van der Waals surface area contributed by atoms with Gasteiger partial charge in [-0.25, -0.2) is 0 Å². The lowest BCUT2D eigenvalue weighted by Crippen LogP contribution is -2.52. The summed E-state index contributed by atoms with van der Waals surface area (Å²) in [7, 11) is 0. The SMILES string of the molecule is N[C@H](c1cccc(C(F)(F)F)c1)[C@H]1CCN1Cc1ccc2c(c1)Cc1ccccc1-2. The first kappa shape index (κ1) is 19.3. The molecule has 154 valence electrons. The van der Waals surface area contributed by atoms with Crippen LogP contribution in [0.3, 0.4) is 0 Å². The van der Waals surface area contributed by atoms with Crippen molar-refractivity contribution < 1.29 is 13.2 Å². The van der Waals surface area contributed by atoms with Crippen LogP contribution in [-0.2, 0) is 19.1 Å². The van der Waals surface area contributed by atoms with Crippen LogP contribution in [0.1, 0.15) is 40.3 Å². The molecule has 5 heteroatoms. The molecule has 2 atom stereocenters. The van der Waals surface area contributed by atoms with E-state index in [0.717, 1.165) is 32.0 Å². The molecule has 1 heterocycles. The Morgan fingerprint density at radius 1 is 0.933 bits per heavy atom. The molecule has 2 aliphatic rings. The normalized spacial score (nSPS) is 19.1. The van der Waals surface area contributed by atoms with E-state index < -0.39 is 17.8 Å². The van der Waals surface area contributed by atoms with Gasteiger partial charge in [0.25, 0.3) is 0 Å². The molecule has 3 aromatic rings. The van der Waals surface area contributed by atoms with Gasteiger partial charge in [-0.05, 0) is 58.4 Å². The molecule has 0 bridgehead atoms. The van der Waals surface area contributed by atoms with E-state index in [4.69, 9.17) is 5.73 Å². The van der Waals surface area contributed by atoms with Gasteiger partial charge in [-0.15, -0.1) is 0 Å². The molecule has 5 rings (SSSR count). The minimum atomic E-state index is -4.35. The molecule has 1 aliphatic carbocycles. The third-order valence-electron chi connectivity index (χ3n) is 6.44. The summed E-state index contributed by atoms with van der Waals surface area (Å²) in [5.41, 5.74) is 12.8. The number of likely N-dealkylation sites (tertiary alicyclic amines) is 1. The molecule has 1 saturated heterocycles. The van der Waals surface area contributed by atoms with E-state index in [1.54, 1.807) is 6.07 Å². The second-order valence-electron chi connectivity index (χ2n) is 8.30. The Bertz CT molecular complexity index is 1090. The lowest BCUT2D eigenvalue weighted by atomic mass is 9.89. The van der Waals surface area contributed by atoms with Gasteiger partial charge in [0.2, 0.25) is 0 Å². The van der Waals surface area contributed by atoms with Gasteiger partial charge in [-0.1, -0.05) is 54.6 Å². The number of fused-ring (bicyclic) bond motifs is 3. The molecule has 1 aliphatic heterocycles. The van der Waals surface area contributed by atoms with Crippen molar-refractivity contribution >= 4 is 0 Å². The van der Waals surface area contributed by atoms with Gasteiger partial charge in [0.1, 0.15) is 0 Å². The summed E-state index contributed by atoms with van der Waals surface area (Å²) in [4.78, 5) is 2.27. The summed E-state index contributed by atoms with van der Waals surface area (Å²) in [5, 5.41) is 0. The number of hydrogen-bond acceptors (Lipinski definition) is 2. The fraction of sp³-hybridized carbons (Fsp3) is 0.280. The zero-order valence-corrected chi connectivity index (χ0v) is 16.5. The standard InChI is InChI=1S/C25H23F3N2/c26-25(27,28)20-6-3-5-18(14-20)24(29)23-10-11-30(23)15-16-8-9-22-19(12-16)13-17-4-1-2-7-21(17)22/h1-9,12,14,23-24H,10-11,13,15,29H2/t23-,24-/m1/s1. The molecule has 3 aromatic carbocycles. The lowest BCUT2D eigenvalue weighted by Gasteiger charge is -2.44. The Kier molecular flexibility index (Phi) is 4.68. The van der Waals surface area contributed by atoms with Crippen molar-refractivity contribution in [3.63, 3.8) is 0 Å². The third kappa shape index (κ3) is 3.42. The van der Waals surface area contributed by atoms with Crippen molar-refractivity contribution in [2.24, 2.45) is 5.73 Å². The van der Waals surface area contributed by atoms with Crippen LogP contribution < -0.4 is 5.73 Å². The molecule has 2 N–H and O–H groups in total. The first-order chi connectivity index (χ1) is 14.4. The molecule has 0 amide bonds. The zero-order chi connectivity index (χ0) is 20.9. The highest BCUT2D eigenvalue weighted by Gasteiger charge is 2.36. The number of nitrogens with zero attached hydrogens (tertiary/aromatic N) is 1. The van der Waals surface area contributed by atoms with E-state index in [2.05, 4.69) is 47.4 Å². The summed E-state index contributed by atoms with van der Waals surface area (Å²) < 4.78 is 39.1. The van der Waals surface area contributed by atoms with Gasteiger partial charge in [0.15, 0.2) is 0 Å². The molecule has 0 spiro atoms. The maximum Gasteiger partial charge on any atom is 0.416 e. The molecule has 0 saturated carbocycles. The van der Waals surface area contributed by atoms with Crippen molar-refractivity contribution in [1.29, 1.82) is 0 Å². The number of nitrogens with two attached hydrogens (primary N) is 1. The maximum absolute atomic E-state index is 13.0. The Morgan fingerprint density at radius 2 is 1.73 bits per heavy atom. The first-order valence-electron chi connectivity index (χ1n) is 10.3. The molecular weight excluding hydrogens is 385 g/mol.